The molecule has 2 heterocycles. The van der Waals surface area contributed by atoms with Crippen LogP contribution in [0.15, 0.2) is 0 Å². The molecule has 0 aliphatic carbocycles. The van der Waals surface area contributed by atoms with E-state index in [0.717, 1.165) is 19.7 Å². The lowest BCUT2D eigenvalue weighted by atomic mass is 10.3. The van der Waals surface area contributed by atoms with Crippen molar-refractivity contribution in [1.29, 1.82) is 0 Å². The molecule has 0 saturated carbocycles. The molecule has 0 radical (unpaired) electrons. The summed E-state index contributed by atoms with van der Waals surface area (Å²) in [7, 11) is 2.09. The number of ether oxygens (including phenoxy) is 2. The van der Waals surface area contributed by atoms with Gasteiger partial charge in [0.2, 0.25) is 0 Å². The van der Waals surface area contributed by atoms with Crippen LogP contribution in [0.1, 0.15) is 0 Å². The maximum absolute atomic E-state index is 5.40. The highest BCUT2D eigenvalue weighted by atomic mass is 16.7. The second-order valence-electron chi connectivity index (χ2n) is 2.74. The summed E-state index contributed by atoms with van der Waals surface area (Å²) in [5.74, 6) is 0. The van der Waals surface area contributed by atoms with Crippen molar-refractivity contribution in [3.8, 4) is 0 Å². The molecule has 0 aromatic carbocycles. The monoisotopic (exact) mass is 129 g/mol. The Kier molecular flexibility index (Phi) is 1.22. The SMILES string of the molecule is CN1CC2COC(C1)O2. The third kappa shape index (κ3) is 0.956. The van der Waals surface area contributed by atoms with Gasteiger partial charge in [-0.3, -0.25) is 4.90 Å². The average Bonchev–Trinajstić information content (AvgIpc) is 2.11. The topological polar surface area (TPSA) is 21.7 Å². The van der Waals surface area contributed by atoms with Crippen LogP contribution in [-0.2, 0) is 9.47 Å². The summed E-state index contributed by atoms with van der Waals surface area (Å²) in [5, 5.41) is 0. The van der Waals surface area contributed by atoms with Gasteiger partial charge in [-0.15, -0.1) is 0 Å². The van der Waals surface area contributed by atoms with E-state index >= 15 is 0 Å². The van der Waals surface area contributed by atoms with Crippen LogP contribution in [-0.4, -0.2) is 44.0 Å². The first kappa shape index (κ1) is 5.65. The van der Waals surface area contributed by atoms with Crippen molar-refractivity contribution in [3.63, 3.8) is 0 Å². The van der Waals surface area contributed by atoms with E-state index in [1.807, 2.05) is 0 Å². The zero-order valence-electron chi connectivity index (χ0n) is 5.54. The zero-order chi connectivity index (χ0) is 6.27. The number of fused-ring (bicyclic) bond motifs is 2. The lowest BCUT2D eigenvalue weighted by Gasteiger charge is -2.26. The molecule has 52 valence electrons. The maximum Gasteiger partial charge on any atom is 0.170 e. The van der Waals surface area contributed by atoms with E-state index in [-0.39, 0.29) is 6.29 Å². The number of likely N-dealkylation sites (N-methyl/N-ethyl adjacent to an activating group) is 1. The Morgan fingerprint density at radius 2 is 2.33 bits per heavy atom. The highest BCUT2D eigenvalue weighted by Crippen LogP contribution is 2.17. The number of hydrogen-bond acceptors (Lipinski definition) is 3. The van der Waals surface area contributed by atoms with Gasteiger partial charge in [0.25, 0.3) is 0 Å². The summed E-state index contributed by atoms with van der Waals surface area (Å²) in [6, 6.07) is 0. The Morgan fingerprint density at radius 1 is 1.44 bits per heavy atom. The van der Waals surface area contributed by atoms with Crippen LogP contribution in [0, 0.1) is 0 Å². The van der Waals surface area contributed by atoms with E-state index in [1.54, 1.807) is 0 Å². The molecule has 3 heteroatoms. The Morgan fingerprint density at radius 3 is 3.11 bits per heavy atom. The van der Waals surface area contributed by atoms with Gasteiger partial charge in [-0.1, -0.05) is 0 Å². The van der Waals surface area contributed by atoms with E-state index < -0.39 is 0 Å². The van der Waals surface area contributed by atoms with Crippen molar-refractivity contribution in [1.82, 2.24) is 4.90 Å². The standard InChI is InChI=1S/C6H11NO2/c1-7-2-5-4-8-6(3-7)9-5/h5-6H,2-4H2,1H3. The third-order valence-corrected chi connectivity index (χ3v) is 1.79. The molecule has 0 amide bonds. The van der Waals surface area contributed by atoms with Gasteiger partial charge in [0, 0.05) is 13.1 Å². The van der Waals surface area contributed by atoms with Crippen LogP contribution in [0.5, 0.6) is 0 Å². The van der Waals surface area contributed by atoms with Crippen molar-refractivity contribution < 1.29 is 9.47 Å². The van der Waals surface area contributed by atoms with Crippen molar-refractivity contribution in [2.45, 2.75) is 12.4 Å². The lowest BCUT2D eigenvalue weighted by Crippen LogP contribution is -2.40. The zero-order valence-corrected chi connectivity index (χ0v) is 5.54. The summed E-state index contributed by atoms with van der Waals surface area (Å²) < 4.78 is 10.7. The first-order valence-corrected chi connectivity index (χ1v) is 3.30. The van der Waals surface area contributed by atoms with Crippen LogP contribution < -0.4 is 0 Å². The molecule has 0 spiro atoms. The number of rotatable bonds is 0. The quantitative estimate of drug-likeness (QED) is 0.447. The maximum atomic E-state index is 5.40. The lowest BCUT2D eigenvalue weighted by molar-refractivity contribution is -0.102. The number of nitrogens with zero attached hydrogens (tertiary/aromatic N) is 1. The van der Waals surface area contributed by atoms with E-state index in [1.165, 1.54) is 0 Å². The molecule has 2 bridgehead atoms. The minimum Gasteiger partial charge on any atom is -0.349 e. The molecule has 2 saturated heterocycles. The van der Waals surface area contributed by atoms with Gasteiger partial charge in [-0.25, -0.2) is 0 Å². The fourth-order valence-electron chi connectivity index (χ4n) is 1.38. The van der Waals surface area contributed by atoms with Gasteiger partial charge in [-0.05, 0) is 7.05 Å². The summed E-state index contributed by atoms with van der Waals surface area (Å²) in [4.78, 5) is 2.24. The summed E-state index contributed by atoms with van der Waals surface area (Å²) in [5.41, 5.74) is 0. The molecule has 2 atom stereocenters. The first-order valence-electron chi connectivity index (χ1n) is 3.30. The van der Waals surface area contributed by atoms with Gasteiger partial charge in [0.05, 0.1) is 12.7 Å². The molecule has 2 aliphatic heterocycles. The minimum absolute atomic E-state index is 0.0637. The molecule has 2 rings (SSSR count). The molecule has 0 aromatic heterocycles. The van der Waals surface area contributed by atoms with E-state index in [9.17, 15) is 0 Å². The second-order valence-corrected chi connectivity index (χ2v) is 2.74. The Labute approximate surface area is 54.5 Å². The predicted octanol–water partition coefficient (Wildman–Crippen LogP) is -0.327. The van der Waals surface area contributed by atoms with Crippen molar-refractivity contribution >= 4 is 0 Å². The van der Waals surface area contributed by atoms with Crippen LogP contribution in [0.3, 0.4) is 0 Å². The number of hydrogen-bond donors (Lipinski definition) is 0. The van der Waals surface area contributed by atoms with Gasteiger partial charge in [-0.2, -0.15) is 0 Å². The number of morpholine rings is 1. The van der Waals surface area contributed by atoms with Crippen LogP contribution >= 0.6 is 0 Å². The smallest absolute Gasteiger partial charge is 0.170 e. The van der Waals surface area contributed by atoms with Crippen molar-refractivity contribution in [2.24, 2.45) is 0 Å². The molecule has 0 aromatic rings. The van der Waals surface area contributed by atoms with Gasteiger partial charge < -0.3 is 9.47 Å². The highest BCUT2D eigenvalue weighted by Gasteiger charge is 2.32. The van der Waals surface area contributed by atoms with Gasteiger partial charge >= 0.3 is 0 Å². The Hall–Kier alpha value is -0.120. The van der Waals surface area contributed by atoms with Gasteiger partial charge in [0.1, 0.15) is 0 Å². The van der Waals surface area contributed by atoms with Crippen molar-refractivity contribution in [3.05, 3.63) is 0 Å². The Balaban J connectivity index is 2.03. The molecule has 2 aliphatic rings. The first-order chi connectivity index (χ1) is 4.34. The summed E-state index contributed by atoms with van der Waals surface area (Å²) in [6.07, 6.45) is 0.405. The minimum atomic E-state index is 0.0637. The van der Waals surface area contributed by atoms with Crippen molar-refractivity contribution in [2.75, 3.05) is 26.7 Å². The van der Waals surface area contributed by atoms with Gasteiger partial charge in [0.15, 0.2) is 6.29 Å². The fraction of sp³-hybridized carbons (Fsp3) is 1.00. The van der Waals surface area contributed by atoms with Crippen LogP contribution in [0.2, 0.25) is 0 Å². The molecule has 0 N–H and O–H groups in total. The predicted molar refractivity (Wildman–Crippen MR) is 32.1 cm³/mol. The third-order valence-electron chi connectivity index (χ3n) is 1.79. The Bertz CT molecular complexity index is 106. The summed E-state index contributed by atoms with van der Waals surface area (Å²) in [6.45, 7) is 2.74. The molecule has 9 heavy (non-hydrogen) atoms. The average molecular weight is 129 g/mol. The molecule has 3 nitrogen and oxygen atoms in total. The van der Waals surface area contributed by atoms with E-state index in [0.29, 0.717) is 6.10 Å². The fourth-order valence-corrected chi connectivity index (χ4v) is 1.38. The summed E-state index contributed by atoms with van der Waals surface area (Å²) >= 11 is 0. The van der Waals surface area contributed by atoms with Crippen LogP contribution in [0.25, 0.3) is 0 Å². The molecular formula is C6H11NO2. The van der Waals surface area contributed by atoms with Crippen LogP contribution in [0.4, 0.5) is 0 Å². The van der Waals surface area contributed by atoms with E-state index in [2.05, 4.69) is 11.9 Å². The molecule has 2 unspecified atom stereocenters. The highest BCUT2D eigenvalue weighted by molar-refractivity contribution is 4.76. The molecule has 2 fully saturated rings. The normalized spacial score (nSPS) is 43.7. The van der Waals surface area contributed by atoms with E-state index in [4.69, 9.17) is 9.47 Å². The second kappa shape index (κ2) is 1.94. The largest absolute Gasteiger partial charge is 0.349 e. The molecular weight excluding hydrogens is 118 g/mol.